The first-order valence-electron chi connectivity index (χ1n) is 12.1. The molecule has 0 saturated carbocycles. The Balaban J connectivity index is 2.28. The molecule has 1 rings (SSSR count). The maximum atomic E-state index is 11.6. The minimum atomic E-state index is -0.419. The van der Waals surface area contributed by atoms with Gasteiger partial charge >= 0.3 is 0 Å². The summed E-state index contributed by atoms with van der Waals surface area (Å²) in [5, 5.41) is 5.93. The average molecular weight is 422 g/mol. The van der Waals surface area contributed by atoms with E-state index in [0.29, 0.717) is 24.3 Å². The zero-order valence-corrected chi connectivity index (χ0v) is 19.3. The van der Waals surface area contributed by atoms with Gasteiger partial charge in [-0.1, -0.05) is 58.3 Å². The summed E-state index contributed by atoms with van der Waals surface area (Å²) in [6.45, 7) is 6.22. The van der Waals surface area contributed by atoms with Crippen molar-refractivity contribution in [2.75, 3.05) is 43.9 Å². The number of anilines is 2. The third-order valence-corrected chi connectivity index (χ3v) is 5.74. The van der Waals surface area contributed by atoms with Crippen molar-refractivity contribution in [2.24, 2.45) is 0 Å². The fourth-order valence-corrected chi connectivity index (χ4v) is 3.86. The van der Waals surface area contributed by atoms with Gasteiger partial charge in [0.25, 0.3) is 10.9 Å². The first kappa shape index (κ1) is 26.3. The van der Waals surface area contributed by atoms with E-state index in [2.05, 4.69) is 22.5 Å². The molecule has 30 heavy (non-hydrogen) atoms. The van der Waals surface area contributed by atoms with E-state index in [9.17, 15) is 14.4 Å². The van der Waals surface area contributed by atoms with Crippen LogP contribution in [0, 0.1) is 0 Å². The monoisotopic (exact) mass is 421 g/mol. The van der Waals surface area contributed by atoms with Crippen LogP contribution in [-0.4, -0.2) is 44.4 Å². The largest absolute Gasteiger partial charge is 0.383 e. The van der Waals surface area contributed by atoms with Crippen LogP contribution in [-0.2, 0) is 4.79 Å². The summed E-state index contributed by atoms with van der Waals surface area (Å²) in [6.07, 6.45) is 16.3. The van der Waals surface area contributed by atoms with E-state index in [1.807, 2.05) is 0 Å². The van der Waals surface area contributed by atoms with E-state index in [1.165, 1.54) is 57.8 Å². The number of hydrogen-bond acceptors (Lipinski definition) is 6. The SMILES string of the molecule is CCCCCCCCN(CCCCCCCC=O)CCCNc1c(NC)c(=O)c1=O. The molecule has 0 heterocycles. The Morgan fingerprint density at radius 3 is 1.87 bits per heavy atom. The van der Waals surface area contributed by atoms with Crippen LogP contribution in [0.15, 0.2) is 9.59 Å². The summed E-state index contributed by atoms with van der Waals surface area (Å²) in [6, 6.07) is 0. The Bertz CT molecular complexity index is 638. The number of hydrogen-bond donors (Lipinski definition) is 2. The van der Waals surface area contributed by atoms with E-state index < -0.39 is 10.9 Å². The van der Waals surface area contributed by atoms with Crippen molar-refractivity contribution in [1.29, 1.82) is 0 Å². The van der Waals surface area contributed by atoms with Crippen LogP contribution in [0.1, 0.15) is 90.4 Å². The van der Waals surface area contributed by atoms with Crippen molar-refractivity contribution >= 4 is 17.7 Å². The van der Waals surface area contributed by atoms with Gasteiger partial charge in [-0.15, -0.1) is 0 Å². The first-order chi connectivity index (χ1) is 14.7. The van der Waals surface area contributed by atoms with Crippen LogP contribution in [0.2, 0.25) is 0 Å². The highest BCUT2D eigenvalue weighted by atomic mass is 16.2. The molecule has 1 aromatic rings. The molecule has 0 unspecified atom stereocenters. The zero-order chi connectivity index (χ0) is 22.0. The standard InChI is InChI=1S/C24H43N3O3/c1-3-4-5-6-9-12-17-27(18-13-10-7-8-11-14-20-28)19-15-16-26-22-21(25-2)23(29)24(22)30/h20,25-26H,3-19H2,1-2H3. The highest BCUT2D eigenvalue weighted by Gasteiger charge is 2.18. The van der Waals surface area contributed by atoms with Crippen LogP contribution in [0.3, 0.4) is 0 Å². The number of nitrogens with zero attached hydrogens (tertiary/aromatic N) is 1. The van der Waals surface area contributed by atoms with Gasteiger partial charge in [-0.3, -0.25) is 9.59 Å². The summed E-state index contributed by atoms with van der Waals surface area (Å²) in [7, 11) is 1.67. The summed E-state index contributed by atoms with van der Waals surface area (Å²) in [5.74, 6) is 0. The molecule has 0 amide bonds. The summed E-state index contributed by atoms with van der Waals surface area (Å²) < 4.78 is 0. The number of unbranched alkanes of at least 4 members (excludes halogenated alkanes) is 10. The molecule has 0 aliphatic rings. The minimum Gasteiger partial charge on any atom is -0.383 e. The number of carbonyl (C=O) groups is 1. The maximum absolute atomic E-state index is 11.6. The van der Waals surface area contributed by atoms with Gasteiger partial charge in [-0.2, -0.15) is 0 Å². The van der Waals surface area contributed by atoms with Crippen molar-refractivity contribution in [3.63, 3.8) is 0 Å². The minimum absolute atomic E-state index is 0.405. The van der Waals surface area contributed by atoms with Gasteiger partial charge in [0.05, 0.1) is 0 Å². The Morgan fingerprint density at radius 2 is 1.27 bits per heavy atom. The fourth-order valence-electron chi connectivity index (χ4n) is 3.86. The summed E-state index contributed by atoms with van der Waals surface area (Å²) in [4.78, 5) is 36.0. The Hall–Kier alpha value is -1.69. The van der Waals surface area contributed by atoms with Crippen LogP contribution < -0.4 is 21.5 Å². The normalized spacial score (nSPS) is 11.3. The number of carbonyl (C=O) groups excluding carboxylic acids is 1. The van der Waals surface area contributed by atoms with Crippen molar-refractivity contribution in [3.8, 4) is 0 Å². The molecule has 0 aromatic heterocycles. The number of rotatable bonds is 21. The second kappa shape index (κ2) is 17.0. The lowest BCUT2D eigenvalue weighted by molar-refractivity contribution is -0.107. The van der Waals surface area contributed by atoms with Crippen LogP contribution >= 0.6 is 0 Å². The third-order valence-electron chi connectivity index (χ3n) is 5.74. The number of nitrogens with one attached hydrogen (secondary N) is 2. The number of aldehydes is 1. The maximum Gasteiger partial charge on any atom is 0.253 e. The summed E-state index contributed by atoms with van der Waals surface area (Å²) in [5.41, 5.74) is 0.0366. The van der Waals surface area contributed by atoms with Gasteiger partial charge < -0.3 is 20.3 Å². The first-order valence-corrected chi connectivity index (χ1v) is 12.1. The lowest BCUT2D eigenvalue weighted by Crippen LogP contribution is -2.37. The van der Waals surface area contributed by atoms with Crippen molar-refractivity contribution in [1.82, 2.24) is 4.90 Å². The molecule has 172 valence electrons. The Kier molecular flexibility index (Phi) is 15.0. The zero-order valence-electron chi connectivity index (χ0n) is 19.3. The van der Waals surface area contributed by atoms with Gasteiger partial charge in [0.2, 0.25) is 0 Å². The lowest BCUT2D eigenvalue weighted by Gasteiger charge is -2.23. The molecule has 6 heteroatoms. The van der Waals surface area contributed by atoms with E-state index in [4.69, 9.17) is 0 Å². The van der Waals surface area contributed by atoms with Gasteiger partial charge in [0.1, 0.15) is 17.7 Å². The second-order valence-corrected chi connectivity index (χ2v) is 8.27. The molecular formula is C24H43N3O3. The average Bonchev–Trinajstić information content (AvgIpc) is 2.76. The third kappa shape index (κ3) is 10.4. The molecule has 0 aliphatic heterocycles. The van der Waals surface area contributed by atoms with Gasteiger partial charge in [-0.05, 0) is 45.3 Å². The van der Waals surface area contributed by atoms with Gasteiger partial charge in [0.15, 0.2) is 0 Å². The molecule has 1 aromatic carbocycles. The van der Waals surface area contributed by atoms with Crippen LogP contribution in [0.5, 0.6) is 0 Å². The van der Waals surface area contributed by atoms with Crippen molar-refractivity contribution in [2.45, 2.75) is 90.4 Å². The van der Waals surface area contributed by atoms with Crippen molar-refractivity contribution < 1.29 is 4.79 Å². The highest BCUT2D eigenvalue weighted by Crippen LogP contribution is 2.13. The molecule has 6 nitrogen and oxygen atoms in total. The Labute approximate surface area is 182 Å². The van der Waals surface area contributed by atoms with E-state index in [-0.39, 0.29) is 0 Å². The molecular weight excluding hydrogens is 378 g/mol. The molecule has 0 saturated heterocycles. The Morgan fingerprint density at radius 1 is 0.733 bits per heavy atom. The smallest absolute Gasteiger partial charge is 0.253 e. The molecule has 0 radical (unpaired) electrons. The topological polar surface area (TPSA) is 78.5 Å². The molecule has 0 atom stereocenters. The summed E-state index contributed by atoms with van der Waals surface area (Å²) >= 11 is 0. The van der Waals surface area contributed by atoms with Gasteiger partial charge in [-0.25, -0.2) is 0 Å². The molecule has 0 aliphatic carbocycles. The fraction of sp³-hybridized carbons (Fsp3) is 0.792. The molecule has 2 N–H and O–H groups in total. The van der Waals surface area contributed by atoms with E-state index in [0.717, 1.165) is 45.2 Å². The molecule has 0 bridgehead atoms. The second-order valence-electron chi connectivity index (χ2n) is 8.27. The van der Waals surface area contributed by atoms with Crippen molar-refractivity contribution in [3.05, 3.63) is 20.4 Å². The van der Waals surface area contributed by atoms with Crippen LogP contribution in [0.25, 0.3) is 0 Å². The van der Waals surface area contributed by atoms with Gasteiger partial charge in [0, 0.05) is 20.0 Å². The van der Waals surface area contributed by atoms with E-state index >= 15 is 0 Å². The van der Waals surface area contributed by atoms with E-state index in [1.54, 1.807) is 7.05 Å². The molecule has 0 fully saturated rings. The predicted octanol–water partition coefficient (Wildman–Crippen LogP) is 4.33. The quantitative estimate of drug-likeness (QED) is 0.175. The highest BCUT2D eigenvalue weighted by molar-refractivity contribution is 5.73. The van der Waals surface area contributed by atoms with Crippen LogP contribution in [0.4, 0.5) is 11.4 Å². The predicted molar refractivity (Wildman–Crippen MR) is 128 cm³/mol. The molecule has 0 spiro atoms. The lowest BCUT2D eigenvalue weighted by atomic mass is 10.1.